The molecule has 0 aliphatic heterocycles. The Kier molecular flexibility index (Phi) is 6.56. The van der Waals surface area contributed by atoms with Gasteiger partial charge in [0.2, 0.25) is 0 Å². The van der Waals surface area contributed by atoms with E-state index in [0.717, 1.165) is 31.9 Å². The minimum Gasteiger partial charge on any atom is -0.384 e. The molecule has 0 aromatic heterocycles. The maximum absolute atomic E-state index is 8.73. The zero-order valence-electron chi connectivity index (χ0n) is 10.9. The van der Waals surface area contributed by atoms with Gasteiger partial charge in [0, 0.05) is 19.8 Å². The quantitative estimate of drug-likeness (QED) is 0.766. The summed E-state index contributed by atoms with van der Waals surface area (Å²) in [4.78, 5) is 0. The molecule has 0 unspecified atom stereocenters. The Morgan fingerprint density at radius 1 is 1.44 bits per heavy atom. The summed E-state index contributed by atoms with van der Waals surface area (Å²) in [6, 6.07) is 7.31. The molecule has 0 bridgehead atoms. The molecular formula is C14H19ClN2O. The summed E-state index contributed by atoms with van der Waals surface area (Å²) in [5.41, 5.74) is 1.44. The lowest BCUT2D eigenvalue weighted by atomic mass is 10.2. The first kappa shape index (κ1) is 14.8. The van der Waals surface area contributed by atoms with Gasteiger partial charge in [0.25, 0.3) is 0 Å². The Hall–Kier alpha value is -1.24. The van der Waals surface area contributed by atoms with Crippen LogP contribution in [0.25, 0.3) is 0 Å². The fourth-order valence-electron chi connectivity index (χ4n) is 1.44. The van der Waals surface area contributed by atoms with E-state index in [-0.39, 0.29) is 0 Å². The first-order valence-electron chi connectivity index (χ1n) is 6.14. The molecule has 0 atom stereocenters. The number of hydrogen-bond donors (Lipinski definition) is 1. The minimum atomic E-state index is 0.575. The molecule has 4 heteroatoms. The fraction of sp³-hybridized carbons (Fsp3) is 0.500. The largest absolute Gasteiger partial charge is 0.384 e. The summed E-state index contributed by atoms with van der Waals surface area (Å²) < 4.78 is 5.48. The Morgan fingerprint density at radius 2 is 2.22 bits per heavy atom. The Bertz CT molecular complexity index is 413. The molecule has 3 nitrogen and oxygen atoms in total. The minimum absolute atomic E-state index is 0.575. The van der Waals surface area contributed by atoms with Crippen molar-refractivity contribution < 1.29 is 4.74 Å². The van der Waals surface area contributed by atoms with Gasteiger partial charge in [-0.25, -0.2) is 0 Å². The van der Waals surface area contributed by atoms with Gasteiger partial charge in [0.05, 0.1) is 22.3 Å². The van der Waals surface area contributed by atoms with Gasteiger partial charge < -0.3 is 10.1 Å². The van der Waals surface area contributed by atoms with Gasteiger partial charge in [-0.2, -0.15) is 5.26 Å². The zero-order valence-corrected chi connectivity index (χ0v) is 11.6. The highest BCUT2D eigenvalue weighted by Gasteiger charge is 2.01. The van der Waals surface area contributed by atoms with Crippen molar-refractivity contribution in [2.45, 2.75) is 20.3 Å². The summed E-state index contributed by atoms with van der Waals surface area (Å²) in [5.74, 6) is 0.575. The van der Waals surface area contributed by atoms with Crippen molar-refractivity contribution in [1.29, 1.82) is 5.26 Å². The molecule has 0 saturated carbocycles. The third-order valence-corrected chi connectivity index (χ3v) is 2.64. The van der Waals surface area contributed by atoms with Crippen LogP contribution in [0.4, 0.5) is 5.69 Å². The van der Waals surface area contributed by atoms with E-state index in [9.17, 15) is 0 Å². The third-order valence-electron chi connectivity index (χ3n) is 2.33. The number of ether oxygens (including phenoxy) is 1. The summed E-state index contributed by atoms with van der Waals surface area (Å²) in [6.07, 6.45) is 0.934. The highest BCUT2D eigenvalue weighted by molar-refractivity contribution is 6.33. The van der Waals surface area contributed by atoms with Crippen molar-refractivity contribution in [2.75, 3.05) is 25.1 Å². The molecule has 1 rings (SSSR count). The third kappa shape index (κ3) is 5.39. The molecule has 0 aliphatic rings. The molecule has 1 aromatic rings. The molecule has 18 heavy (non-hydrogen) atoms. The van der Waals surface area contributed by atoms with Gasteiger partial charge >= 0.3 is 0 Å². The predicted octanol–water partition coefficient (Wildman–Crippen LogP) is 3.69. The van der Waals surface area contributed by atoms with E-state index < -0.39 is 0 Å². The molecule has 0 radical (unpaired) electrons. The van der Waals surface area contributed by atoms with E-state index in [4.69, 9.17) is 21.6 Å². The Labute approximate surface area is 114 Å². The maximum atomic E-state index is 8.73. The summed E-state index contributed by atoms with van der Waals surface area (Å²) in [7, 11) is 0. The van der Waals surface area contributed by atoms with Crippen molar-refractivity contribution in [3.63, 3.8) is 0 Å². The monoisotopic (exact) mass is 266 g/mol. The topological polar surface area (TPSA) is 45.0 Å². The average Bonchev–Trinajstić information content (AvgIpc) is 2.34. The van der Waals surface area contributed by atoms with Crippen LogP contribution in [0.15, 0.2) is 18.2 Å². The Morgan fingerprint density at radius 3 is 2.83 bits per heavy atom. The van der Waals surface area contributed by atoms with Crippen molar-refractivity contribution in [3.05, 3.63) is 28.8 Å². The molecule has 0 spiro atoms. The van der Waals surface area contributed by atoms with Crippen LogP contribution >= 0.6 is 11.6 Å². The zero-order chi connectivity index (χ0) is 13.4. The number of hydrogen-bond acceptors (Lipinski definition) is 3. The first-order chi connectivity index (χ1) is 8.63. The van der Waals surface area contributed by atoms with Crippen molar-refractivity contribution in [1.82, 2.24) is 0 Å². The average molecular weight is 267 g/mol. The molecule has 0 saturated heterocycles. The molecule has 98 valence electrons. The molecule has 0 amide bonds. The second-order valence-electron chi connectivity index (χ2n) is 4.56. The van der Waals surface area contributed by atoms with Crippen LogP contribution in [-0.4, -0.2) is 19.8 Å². The van der Waals surface area contributed by atoms with Crippen LogP contribution in [-0.2, 0) is 4.74 Å². The van der Waals surface area contributed by atoms with Gasteiger partial charge in [0.1, 0.15) is 0 Å². The van der Waals surface area contributed by atoms with Gasteiger partial charge in [-0.3, -0.25) is 0 Å². The van der Waals surface area contributed by atoms with E-state index in [2.05, 4.69) is 25.2 Å². The van der Waals surface area contributed by atoms with Crippen LogP contribution in [0.5, 0.6) is 0 Å². The van der Waals surface area contributed by atoms with Gasteiger partial charge in [-0.05, 0) is 30.5 Å². The second-order valence-corrected chi connectivity index (χ2v) is 4.96. The van der Waals surface area contributed by atoms with Crippen LogP contribution < -0.4 is 5.32 Å². The van der Waals surface area contributed by atoms with Gasteiger partial charge in [-0.15, -0.1) is 0 Å². The summed E-state index contributed by atoms with van der Waals surface area (Å²) in [5, 5.41) is 12.5. The highest BCUT2D eigenvalue weighted by atomic mass is 35.5. The molecule has 0 aliphatic carbocycles. The number of nitrogens with one attached hydrogen (secondary N) is 1. The van der Waals surface area contributed by atoms with E-state index in [1.54, 1.807) is 12.1 Å². The maximum Gasteiger partial charge on any atom is 0.0992 e. The number of halogens is 1. The van der Waals surface area contributed by atoms with Crippen molar-refractivity contribution in [3.8, 4) is 6.07 Å². The molecule has 0 fully saturated rings. The molecule has 0 heterocycles. The SMILES string of the molecule is CC(C)COCCCNc1ccc(C#N)cc1Cl. The van der Waals surface area contributed by atoms with Crippen LogP contribution in [0, 0.1) is 17.2 Å². The number of nitrogens with zero attached hydrogens (tertiary/aromatic N) is 1. The van der Waals surface area contributed by atoms with Crippen molar-refractivity contribution >= 4 is 17.3 Å². The lowest BCUT2D eigenvalue weighted by Gasteiger charge is -2.09. The highest BCUT2D eigenvalue weighted by Crippen LogP contribution is 2.22. The van der Waals surface area contributed by atoms with Gasteiger partial charge in [0.15, 0.2) is 0 Å². The molecular weight excluding hydrogens is 248 g/mol. The van der Waals surface area contributed by atoms with Crippen LogP contribution in [0.3, 0.4) is 0 Å². The van der Waals surface area contributed by atoms with E-state index in [1.165, 1.54) is 0 Å². The summed E-state index contributed by atoms with van der Waals surface area (Å²) in [6.45, 7) is 6.63. The van der Waals surface area contributed by atoms with Gasteiger partial charge in [-0.1, -0.05) is 25.4 Å². The molecule has 1 N–H and O–H groups in total. The Balaban J connectivity index is 2.25. The first-order valence-corrected chi connectivity index (χ1v) is 6.52. The van der Waals surface area contributed by atoms with E-state index >= 15 is 0 Å². The smallest absolute Gasteiger partial charge is 0.0992 e. The standard InChI is InChI=1S/C14H19ClN2O/c1-11(2)10-18-7-3-6-17-14-5-4-12(9-16)8-13(14)15/h4-5,8,11,17H,3,6-7,10H2,1-2H3. The van der Waals surface area contributed by atoms with E-state index in [1.807, 2.05) is 6.07 Å². The van der Waals surface area contributed by atoms with Crippen molar-refractivity contribution in [2.24, 2.45) is 5.92 Å². The number of rotatable bonds is 7. The van der Waals surface area contributed by atoms with E-state index in [0.29, 0.717) is 16.5 Å². The van der Waals surface area contributed by atoms with Crippen LogP contribution in [0.1, 0.15) is 25.8 Å². The number of anilines is 1. The predicted molar refractivity (Wildman–Crippen MR) is 74.9 cm³/mol. The summed E-state index contributed by atoms with van der Waals surface area (Å²) >= 11 is 6.04. The fourth-order valence-corrected chi connectivity index (χ4v) is 1.69. The van der Waals surface area contributed by atoms with Crippen LogP contribution in [0.2, 0.25) is 5.02 Å². The normalized spacial score (nSPS) is 10.4. The number of benzene rings is 1. The second kappa shape index (κ2) is 7.97. The molecule has 1 aromatic carbocycles. The lowest BCUT2D eigenvalue weighted by molar-refractivity contribution is 0.110. The number of nitriles is 1. The lowest BCUT2D eigenvalue weighted by Crippen LogP contribution is -2.08.